The fourth-order valence-electron chi connectivity index (χ4n) is 4.16. The van der Waals surface area contributed by atoms with Crippen molar-refractivity contribution in [2.75, 3.05) is 0 Å². The van der Waals surface area contributed by atoms with Crippen LogP contribution in [0.25, 0.3) is 11.0 Å². The van der Waals surface area contributed by atoms with E-state index in [0.29, 0.717) is 33.2 Å². The van der Waals surface area contributed by atoms with E-state index in [9.17, 15) is 14.7 Å². The fourth-order valence-corrected chi connectivity index (χ4v) is 5.63. The van der Waals surface area contributed by atoms with E-state index in [0.717, 1.165) is 24.8 Å². The van der Waals surface area contributed by atoms with Gasteiger partial charge in [0.2, 0.25) is 0 Å². The molecule has 7 nitrogen and oxygen atoms in total. The number of amides is 1. The number of aromatic nitrogens is 1. The third-order valence-corrected chi connectivity index (χ3v) is 6.96. The standard InChI is InChI=1S/C21H19N3O4S/c1-9-3-4-12-15(5-9)29-20-16(12)19(26)23-18(24-20)14-6-13-11(8-25)7-22-10(2)17(13)28-21(14)27/h6-7,9,16,25H,3-5,8H2,1-2H3. The number of fused-ring (bicyclic) bond motifs is 3. The van der Waals surface area contributed by atoms with Crippen LogP contribution in [0, 0.1) is 18.8 Å². The molecule has 1 aliphatic carbocycles. The van der Waals surface area contributed by atoms with Crippen molar-refractivity contribution in [1.82, 2.24) is 4.98 Å². The summed E-state index contributed by atoms with van der Waals surface area (Å²) in [5.41, 5.74) is 2.04. The first-order valence-corrected chi connectivity index (χ1v) is 10.4. The second-order valence-corrected chi connectivity index (χ2v) is 8.89. The number of aryl methyl sites for hydroxylation is 1. The highest BCUT2D eigenvalue weighted by molar-refractivity contribution is 8.17. The van der Waals surface area contributed by atoms with Crippen molar-refractivity contribution in [3.8, 4) is 0 Å². The van der Waals surface area contributed by atoms with Gasteiger partial charge in [0.1, 0.15) is 11.5 Å². The number of aliphatic imine (C=N–C) groups is 2. The number of allylic oxidation sites excluding steroid dienone is 1. The van der Waals surface area contributed by atoms with Gasteiger partial charge in [-0.2, -0.15) is 4.99 Å². The maximum atomic E-state index is 12.8. The Balaban J connectivity index is 1.61. The molecule has 0 spiro atoms. The fraction of sp³-hybridized carbons (Fsp3) is 0.381. The maximum Gasteiger partial charge on any atom is 0.347 e. The number of pyridine rings is 1. The van der Waals surface area contributed by atoms with Crippen LogP contribution in [0.4, 0.5) is 0 Å². The molecule has 1 N–H and O–H groups in total. The van der Waals surface area contributed by atoms with E-state index in [1.165, 1.54) is 4.91 Å². The molecular weight excluding hydrogens is 390 g/mol. The lowest BCUT2D eigenvalue weighted by Gasteiger charge is -2.21. The average molecular weight is 409 g/mol. The molecule has 4 heterocycles. The molecule has 0 saturated heterocycles. The number of nitrogens with zero attached hydrogens (tertiary/aromatic N) is 3. The van der Waals surface area contributed by atoms with E-state index < -0.39 is 11.5 Å². The molecule has 29 heavy (non-hydrogen) atoms. The van der Waals surface area contributed by atoms with Crippen LogP contribution in [-0.2, 0) is 11.4 Å². The minimum atomic E-state index is -0.624. The van der Waals surface area contributed by atoms with Crippen LogP contribution >= 0.6 is 11.8 Å². The van der Waals surface area contributed by atoms with Gasteiger partial charge in [0.25, 0.3) is 5.91 Å². The van der Waals surface area contributed by atoms with Crippen LogP contribution in [0.3, 0.4) is 0 Å². The summed E-state index contributed by atoms with van der Waals surface area (Å²) in [4.78, 5) is 39.6. The smallest absolute Gasteiger partial charge is 0.347 e. The summed E-state index contributed by atoms with van der Waals surface area (Å²) in [7, 11) is 0. The van der Waals surface area contributed by atoms with Crippen LogP contribution in [0.1, 0.15) is 43.0 Å². The first-order chi connectivity index (χ1) is 14.0. The third-order valence-electron chi connectivity index (χ3n) is 5.75. The Bertz CT molecular complexity index is 1220. The van der Waals surface area contributed by atoms with E-state index in [1.54, 1.807) is 30.9 Å². The van der Waals surface area contributed by atoms with E-state index in [4.69, 9.17) is 4.42 Å². The molecule has 3 aliphatic rings. The number of thioether (sulfide) groups is 1. The Morgan fingerprint density at radius 1 is 1.31 bits per heavy atom. The summed E-state index contributed by atoms with van der Waals surface area (Å²) < 4.78 is 5.47. The normalized spacial score (nSPS) is 23.8. The van der Waals surface area contributed by atoms with Crippen LogP contribution in [0.5, 0.6) is 0 Å². The second-order valence-electron chi connectivity index (χ2n) is 7.77. The zero-order valence-corrected chi connectivity index (χ0v) is 16.9. The van der Waals surface area contributed by atoms with Crippen molar-refractivity contribution < 1.29 is 14.3 Å². The summed E-state index contributed by atoms with van der Waals surface area (Å²) >= 11 is 1.55. The molecule has 5 rings (SSSR count). The largest absolute Gasteiger partial charge is 0.420 e. The van der Waals surface area contributed by atoms with Crippen molar-refractivity contribution in [2.24, 2.45) is 21.8 Å². The average Bonchev–Trinajstić information content (AvgIpc) is 3.06. The summed E-state index contributed by atoms with van der Waals surface area (Å²) in [6, 6.07) is 1.59. The third kappa shape index (κ3) is 2.89. The van der Waals surface area contributed by atoms with Gasteiger partial charge in [-0.1, -0.05) is 18.7 Å². The monoisotopic (exact) mass is 409 g/mol. The number of carbonyl (C=O) groups is 1. The van der Waals surface area contributed by atoms with Gasteiger partial charge in [-0.25, -0.2) is 9.79 Å². The molecular formula is C21H19N3O4S. The molecule has 1 amide bonds. The van der Waals surface area contributed by atoms with Crippen molar-refractivity contribution in [3.05, 3.63) is 50.0 Å². The first-order valence-electron chi connectivity index (χ1n) is 9.60. The zero-order valence-electron chi connectivity index (χ0n) is 16.1. The molecule has 148 valence electrons. The zero-order chi connectivity index (χ0) is 20.3. The van der Waals surface area contributed by atoms with Crippen LogP contribution in [0.2, 0.25) is 0 Å². The first kappa shape index (κ1) is 18.4. The van der Waals surface area contributed by atoms with Crippen LogP contribution in [-0.4, -0.2) is 26.9 Å². The highest BCUT2D eigenvalue weighted by Gasteiger charge is 2.42. The molecule has 2 atom stereocenters. The summed E-state index contributed by atoms with van der Waals surface area (Å²) in [5, 5.41) is 10.9. The van der Waals surface area contributed by atoms with Gasteiger partial charge < -0.3 is 9.52 Å². The number of aliphatic hydroxyl groups excluding tert-OH is 1. The lowest BCUT2D eigenvalue weighted by molar-refractivity contribution is -0.118. The molecule has 0 aromatic carbocycles. The summed E-state index contributed by atoms with van der Waals surface area (Å²) in [6.45, 7) is 3.70. The Kier molecular flexibility index (Phi) is 4.29. The van der Waals surface area contributed by atoms with E-state index in [1.807, 2.05) is 0 Å². The number of rotatable bonds is 2. The van der Waals surface area contributed by atoms with E-state index >= 15 is 0 Å². The van der Waals surface area contributed by atoms with Gasteiger partial charge in [0.15, 0.2) is 11.4 Å². The molecule has 2 aliphatic heterocycles. The molecule has 0 fully saturated rings. The Labute approximate surface area is 170 Å². The van der Waals surface area contributed by atoms with Crippen molar-refractivity contribution in [3.63, 3.8) is 0 Å². The maximum absolute atomic E-state index is 12.8. The highest BCUT2D eigenvalue weighted by Crippen LogP contribution is 2.48. The van der Waals surface area contributed by atoms with Crippen molar-refractivity contribution >= 4 is 39.5 Å². The number of hydrogen-bond donors (Lipinski definition) is 1. The second kappa shape index (κ2) is 6.74. The lowest BCUT2D eigenvalue weighted by atomic mass is 9.84. The van der Waals surface area contributed by atoms with Gasteiger partial charge in [0.05, 0.1) is 17.3 Å². The summed E-state index contributed by atoms with van der Waals surface area (Å²) in [6.07, 6.45) is 4.47. The molecule has 8 heteroatoms. The number of aliphatic hydroxyl groups is 1. The Morgan fingerprint density at radius 3 is 2.93 bits per heavy atom. The topological polar surface area (TPSA) is 105 Å². The number of carbonyl (C=O) groups excluding carboxylic acids is 1. The van der Waals surface area contributed by atoms with Gasteiger partial charge >= 0.3 is 5.63 Å². The van der Waals surface area contributed by atoms with Crippen molar-refractivity contribution in [1.29, 1.82) is 0 Å². The summed E-state index contributed by atoms with van der Waals surface area (Å²) in [5.74, 6) is 0.0115. The quantitative estimate of drug-likeness (QED) is 0.817. The molecule has 2 aromatic heterocycles. The molecule has 2 unspecified atom stereocenters. The van der Waals surface area contributed by atoms with Crippen molar-refractivity contribution in [2.45, 2.75) is 39.7 Å². The molecule has 0 bridgehead atoms. The lowest BCUT2D eigenvalue weighted by Crippen LogP contribution is -2.28. The molecule has 0 saturated carbocycles. The Hall–Kier alpha value is -2.58. The van der Waals surface area contributed by atoms with Gasteiger partial charge in [-0.3, -0.25) is 9.78 Å². The van der Waals surface area contributed by atoms with Gasteiger partial charge in [-0.15, -0.1) is 0 Å². The van der Waals surface area contributed by atoms with Gasteiger partial charge in [0, 0.05) is 17.1 Å². The Morgan fingerprint density at radius 2 is 2.14 bits per heavy atom. The minimum Gasteiger partial charge on any atom is -0.420 e. The minimum absolute atomic E-state index is 0.0793. The van der Waals surface area contributed by atoms with E-state index in [-0.39, 0.29) is 23.9 Å². The van der Waals surface area contributed by atoms with Crippen LogP contribution < -0.4 is 5.63 Å². The van der Waals surface area contributed by atoms with Crippen LogP contribution in [0.15, 0.2) is 41.9 Å². The predicted molar refractivity (Wildman–Crippen MR) is 111 cm³/mol. The molecule has 2 aromatic rings. The number of hydrogen-bond acceptors (Lipinski definition) is 7. The van der Waals surface area contributed by atoms with Gasteiger partial charge in [-0.05, 0) is 48.6 Å². The SMILES string of the molecule is Cc1ncc(CO)c2cc(C3=NC(=O)C4C(=N3)SC3=C4CCC(C)C3)c(=O)oc12. The highest BCUT2D eigenvalue weighted by atomic mass is 32.2. The number of amidine groups is 1. The predicted octanol–water partition coefficient (Wildman–Crippen LogP) is 3.11. The van der Waals surface area contributed by atoms with E-state index in [2.05, 4.69) is 21.9 Å². The molecule has 0 radical (unpaired) electrons.